The van der Waals surface area contributed by atoms with Crippen LogP contribution in [0.2, 0.25) is 0 Å². The second kappa shape index (κ2) is 10.1. The van der Waals surface area contributed by atoms with Crippen LogP contribution in [-0.4, -0.2) is 44.3 Å². The van der Waals surface area contributed by atoms with Crippen molar-refractivity contribution in [3.8, 4) is 5.75 Å². The van der Waals surface area contributed by atoms with E-state index < -0.39 is 0 Å². The lowest BCUT2D eigenvalue weighted by Crippen LogP contribution is -2.26. The molecule has 1 saturated heterocycles. The Morgan fingerprint density at radius 2 is 2.26 bits per heavy atom. The molecule has 1 aliphatic heterocycles. The summed E-state index contributed by atoms with van der Waals surface area (Å²) in [7, 11) is 3.56. The number of thioether (sulfide) groups is 1. The molecule has 0 aliphatic carbocycles. The molecule has 1 aromatic rings. The Kier molecular flexibility index (Phi) is 8.81. The van der Waals surface area contributed by atoms with Gasteiger partial charge < -0.3 is 15.0 Å². The summed E-state index contributed by atoms with van der Waals surface area (Å²) in [5.41, 5.74) is 1.10. The lowest BCUT2D eigenvalue weighted by Gasteiger charge is -2.19. The molecule has 1 fully saturated rings. The summed E-state index contributed by atoms with van der Waals surface area (Å²) in [5, 5.41) is 3.35. The molecular formula is C17H27ClN2O2S. The highest BCUT2D eigenvalue weighted by molar-refractivity contribution is 7.98. The Bertz CT molecular complexity index is 507. The van der Waals surface area contributed by atoms with Gasteiger partial charge in [0, 0.05) is 24.9 Å². The first kappa shape index (κ1) is 20.1. The number of carbonyl (C=O) groups is 1. The fourth-order valence-corrected chi connectivity index (χ4v) is 3.37. The van der Waals surface area contributed by atoms with E-state index >= 15 is 0 Å². The van der Waals surface area contributed by atoms with Gasteiger partial charge in [-0.2, -0.15) is 0 Å². The molecule has 130 valence electrons. The van der Waals surface area contributed by atoms with Gasteiger partial charge in [-0.1, -0.05) is 6.07 Å². The molecule has 1 amide bonds. The van der Waals surface area contributed by atoms with E-state index in [0.29, 0.717) is 18.9 Å². The minimum absolute atomic E-state index is 0. The van der Waals surface area contributed by atoms with Crippen molar-refractivity contribution >= 4 is 30.1 Å². The van der Waals surface area contributed by atoms with Gasteiger partial charge in [0.25, 0.3) is 0 Å². The van der Waals surface area contributed by atoms with Crippen LogP contribution in [0.15, 0.2) is 23.1 Å². The maximum absolute atomic E-state index is 12.3. The van der Waals surface area contributed by atoms with Crippen molar-refractivity contribution in [3.63, 3.8) is 0 Å². The molecule has 1 heterocycles. The number of hydrogen-bond acceptors (Lipinski definition) is 4. The molecule has 2 rings (SSSR count). The van der Waals surface area contributed by atoms with Gasteiger partial charge >= 0.3 is 0 Å². The lowest BCUT2D eigenvalue weighted by atomic mass is 10.0. The van der Waals surface area contributed by atoms with Gasteiger partial charge in [0.15, 0.2) is 0 Å². The molecule has 1 aliphatic rings. The summed E-state index contributed by atoms with van der Waals surface area (Å²) in [5.74, 6) is 1.76. The van der Waals surface area contributed by atoms with Gasteiger partial charge in [0.05, 0.1) is 7.11 Å². The van der Waals surface area contributed by atoms with E-state index in [0.717, 1.165) is 35.7 Å². The average molecular weight is 359 g/mol. The van der Waals surface area contributed by atoms with Crippen LogP contribution in [0.5, 0.6) is 5.75 Å². The molecule has 0 bridgehead atoms. The largest absolute Gasteiger partial charge is 0.496 e. The SMILES string of the molecule is COc1cc(CN(C)C(=O)CCC2CCNC2)ccc1SC.Cl. The van der Waals surface area contributed by atoms with Crippen LogP contribution in [0.25, 0.3) is 0 Å². The van der Waals surface area contributed by atoms with Crippen LogP contribution >= 0.6 is 24.2 Å². The zero-order chi connectivity index (χ0) is 15.9. The van der Waals surface area contributed by atoms with E-state index in [9.17, 15) is 4.79 Å². The minimum atomic E-state index is 0. The number of ether oxygens (including phenoxy) is 1. The highest BCUT2D eigenvalue weighted by Gasteiger charge is 2.17. The fourth-order valence-electron chi connectivity index (χ4n) is 2.82. The van der Waals surface area contributed by atoms with Gasteiger partial charge in [-0.05, 0) is 55.8 Å². The standard InChI is InChI=1S/C17H26N2O2S.ClH/c1-19(17(20)7-5-13-8-9-18-11-13)12-14-4-6-16(22-3)15(10-14)21-2;/h4,6,10,13,18H,5,7-9,11-12H2,1-3H3;1H. The van der Waals surface area contributed by atoms with E-state index in [2.05, 4.69) is 17.4 Å². The molecule has 0 spiro atoms. The Morgan fingerprint density at radius 1 is 1.48 bits per heavy atom. The van der Waals surface area contributed by atoms with Crippen LogP contribution in [-0.2, 0) is 11.3 Å². The van der Waals surface area contributed by atoms with Crippen LogP contribution in [0.3, 0.4) is 0 Å². The van der Waals surface area contributed by atoms with Crippen molar-refractivity contribution in [3.05, 3.63) is 23.8 Å². The summed E-state index contributed by atoms with van der Waals surface area (Å²) in [6.45, 7) is 2.79. The lowest BCUT2D eigenvalue weighted by molar-refractivity contribution is -0.130. The zero-order valence-corrected chi connectivity index (χ0v) is 15.8. The number of methoxy groups -OCH3 is 1. The van der Waals surface area contributed by atoms with Gasteiger partial charge in [-0.3, -0.25) is 4.79 Å². The van der Waals surface area contributed by atoms with Crippen molar-refractivity contribution < 1.29 is 9.53 Å². The van der Waals surface area contributed by atoms with Crippen LogP contribution < -0.4 is 10.1 Å². The number of nitrogens with zero attached hydrogens (tertiary/aromatic N) is 1. The molecule has 4 nitrogen and oxygen atoms in total. The maximum Gasteiger partial charge on any atom is 0.222 e. The van der Waals surface area contributed by atoms with Gasteiger partial charge in [0.1, 0.15) is 5.75 Å². The van der Waals surface area contributed by atoms with E-state index in [1.807, 2.05) is 24.3 Å². The predicted octanol–water partition coefficient (Wildman–Crippen LogP) is 3.19. The average Bonchev–Trinajstić information content (AvgIpc) is 3.05. The predicted molar refractivity (Wildman–Crippen MR) is 98.7 cm³/mol. The molecule has 1 N–H and O–H groups in total. The molecule has 1 atom stereocenters. The van der Waals surface area contributed by atoms with Crippen molar-refractivity contribution in [2.24, 2.45) is 5.92 Å². The molecule has 6 heteroatoms. The number of hydrogen-bond donors (Lipinski definition) is 1. The zero-order valence-electron chi connectivity index (χ0n) is 14.1. The van der Waals surface area contributed by atoms with E-state index in [1.165, 1.54) is 6.42 Å². The molecule has 0 saturated carbocycles. The summed E-state index contributed by atoms with van der Waals surface area (Å²) < 4.78 is 5.40. The first-order chi connectivity index (χ1) is 10.6. The number of carbonyl (C=O) groups excluding carboxylic acids is 1. The number of rotatable bonds is 7. The van der Waals surface area contributed by atoms with Crippen molar-refractivity contribution in [1.82, 2.24) is 10.2 Å². The van der Waals surface area contributed by atoms with Crippen LogP contribution in [0, 0.1) is 5.92 Å². The molecule has 0 aromatic heterocycles. The number of amides is 1. The quantitative estimate of drug-likeness (QED) is 0.760. The number of nitrogens with one attached hydrogen (secondary N) is 1. The van der Waals surface area contributed by atoms with Crippen molar-refractivity contribution in [2.45, 2.75) is 30.7 Å². The van der Waals surface area contributed by atoms with Gasteiger partial charge in [-0.25, -0.2) is 0 Å². The summed E-state index contributed by atoms with van der Waals surface area (Å²) in [4.78, 5) is 15.2. The molecule has 0 radical (unpaired) electrons. The van der Waals surface area contributed by atoms with Crippen molar-refractivity contribution in [1.29, 1.82) is 0 Å². The Balaban J connectivity index is 0.00000264. The third kappa shape index (κ3) is 5.90. The van der Waals surface area contributed by atoms with Gasteiger partial charge in [-0.15, -0.1) is 24.2 Å². The third-order valence-corrected chi connectivity index (χ3v) is 5.00. The topological polar surface area (TPSA) is 41.6 Å². The smallest absolute Gasteiger partial charge is 0.222 e. The first-order valence-electron chi connectivity index (χ1n) is 7.79. The molecule has 1 unspecified atom stereocenters. The molecular weight excluding hydrogens is 332 g/mol. The first-order valence-corrected chi connectivity index (χ1v) is 9.02. The highest BCUT2D eigenvalue weighted by Crippen LogP contribution is 2.28. The number of benzene rings is 1. The maximum atomic E-state index is 12.3. The second-order valence-electron chi connectivity index (χ2n) is 5.84. The van der Waals surface area contributed by atoms with Gasteiger partial charge in [0.2, 0.25) is 5.91 Å². The fraction of sp³-hybridized carbons (Fsp3) is 0.588. The van der Waals surface area contributed by atoms with Crippen LogP contribution in [0.1, 0.15) is 24.8 Å². The third-order valence-electron chi connectivity index (χ3n) is 4.22. The Hall–Kier alpha value is -0.910. The molecule has 1 aromatic carbocycles. The monoisotopic (exact) mass is 358 g/mol. The van der Waals surface area contributed by atoms with E-state index in [4.69, 9.17) is 4.74 Å². The molecule has 23 heavy (non-hydrogen) atoms. The second-order valence-corrected chi connectivity index (χ2v) is 6.68. The normalized spacial score (nSPS) is 16.7. The van der Waals surface area contributed by atoms with E-state index in [1.54, 1.807) is 18.9 Å². The van der Waals surface area contributed by atoms with Crippen molar-refractivity contribution in [2.75, 3.05) is 33.5 Å². The summed E-state index contributed by atoms with van der Waals surface area (Å²) >= 11 is 1.66. The number of halogens is 1. The summed E-state index contributed by atoms with van der Waals surface area (Å²) in [6, 6.07) is 6.15. The van der Waals surface area contributed by atoms with Crippen LogP contribution in [0.4, 0.5) is 0 Å². The summed E-state index contributed by atoms with van der Waals surface area (Å²) in [6.07, 6.45) is 4.86. The minimum Gasteiger partial charge on any atom is -0.496 e. The Labute approximate surface area is 149 Å². The van der Waals surface area contributed by atoms with E-state index in [-0.39, 0.29) is 18.3 Å². The highest BCUT2D eigenvalue weighted by atomic mass is 35.5. The Morgan fingerprint density at radius 3 is 2.87 bits per heavy atom.